The molecule has 2 N–H and O–H groups in total. The standard InChI is InChI=1S/C16H21ClN4O2/c1-10(2)8-12(9-22)19-16(23)15-18-11(3)21(20-15)14-7-5-4-6-13(14)17/h4-7,10,12,22H,8-9H2,1-3H3,(H,19,23). The molecule has 1 atom stereocenters. The molecule has 6 nitrogen and oxygen atoms in total. The molecule has 1 aromatic carbocycles. The first-order valence-electron chi connectivity index (χ1n) is 7.52. The highest BCUT2D eigenvalue weighted by Gasteiger charge is 2.20. The molecule has 23 heavy (non-hydrogen) atoms. The summed E-state index contributed by atoms with van der Waals surface area (Å²) >= 11 is 6.16. The van der Waals surface area contributed by atoms with Gasteiger partial charge in [0.2, 0.25) is 5.82 Å². The molecule has 7 heteroatoms. The number of aryl methyl sites for hydroxylation is 1. The smallest absolute Gasteiger partial charge is 0.291 e. The minimum atomic E-state index is -0.404. The van der Waals surface area contributed by atoms with Gasteiger partial charge >= 0.3 is 0 Å². The Hall–Kier alpha value is -1.92. The topological polar surface area (TPSA) is 80.0 Å². The van der Waals surface area contributed by atoms with Crippen molar-refractivity contribution in [1.29, 1.82) is 0 Å². The van der Waals surface area contributed by atoms with Crippen LogP contribution in [0, 0.1) is 12.8 Å². The molecule has 0 radical (unpaired) electrons. The fraction of sp³-hybridized carbons (Fsp3) is 0.438. The second-order valence-electron chi connectivity index (χ2n) is 5.83. The minimum Gasteiger partial charge on any atom is -0.394 e. The van der Waals surface area contributed by atoms with E-state index >= 15 is 0 Å². The summed E-state index contributed by atoms with van der Waals surface area (Å²) in [4.78, 5) is 16.5. The van der Waals surface area contributed by atoms with E-state index in [-0.39, 0.29) is 18.5 Å². The monoisotopic (exact) mass is 336 g/mol. The third-order valence-electron chi connectivity index (χ3n) is 3.36. The van der Waals surface area contributed by atoms with Crippen LogP contribution in [0.1, 0.15) is 36.7 Å². The van der Waals surface area contributed by atoms with Gasteiger partial charge in [0, 0.05) is 0 Å². The van der Waals surface area contributed by atoms with E-state index in [9.17, 15) is 9.90 Å². The van der Waals surface area contributed by atoms with Crippen molar-refractivity contribution in [2.45, 2.75) is 33.2 Å². The molecule has 0 spiro atoms. The van der Waals surface area contributed by atoms with Crippen LogP contribution < -0.4 is 5.32 Å². The predicted molar refractivity (Wildman–Crippen MR) is 88.9 cm³/mol. The average molecular weight is 337 g/mol. The third kappa shape index (κ3) is 4.30. The van der Waals surface area contributed by atoms with Crippen LogP contribution in [0.4, 0.5) is 0 Å². The van der Waals surface area contributed by atoms with Crippen LogP contribution in [0.15, 0.2) is 24.3 Å². The van der Waals surface area contributed by atoms with Crippen LogP contribution in [-0.2, 0) is 0 Å². The van der Waals surface area contributed by atoms with E-state index in [1.807, 2.05) is 26.0 Å². The van der Waals surface area contributed by atoms with Gasteiger partial charge < -0.3 is 10.4 Å². The number of aliphatic hydroxyl groups excluding tert-OH is 1. The number of aliphatic hydroxyl groups is 1. The number of para-hydroxylation sites is 1. The van der Waals surface area contributed by atoms with Crippen LogP contribution in [0.3, 0.4) is 0 Å². The lowest BCUT2D eigenvalue weighted by molar-refractivity contribution is 0.0898. The summed E-state index contributed by atoms with van der Waals surface area (Å²) in [5, 5.41) is 16.9. The lowest BCUT2D eigenvalue weighted by Crippen LogP contribution is -2.39. The van der Waals surface area contributed by atoms with Crippen molar-refractivity contribution >= 4 is 17.5 Å². The first kappa shape index (κ1) is 17.4. The number of rotatable bonds is 6. The SMILES string of the molecule is Cc1nc(C(=O)NC(CO)CC(C)C)nn1-c1ccccc1Cl. The summed E-state index contributed by atoms with van der Waals surface area (Å²) in [5.41, 5.74) is 0.666. The summed E-state index contributed by atoms with van der Waals surface area (Å²) in [6, 6.07) is 6.91. The molecule has 1 unspecified atom stereocenters. The number of benzene rings is 1. The second kappa shape index (κ2) is 7.57. The number of hydrogen-bond acceptors (Lipinski definition) is 4. The van der Waals surface area contributed by atoms with E-state index in [2.05, 4.69) is 15.4 Å². The van der Waals surface area contributed by atoms with Crippen molar-refractivity contribution < 1.29 is 9.90 Å². The molecule has 2 rings (SSSR count). The van der Waals surface area contributed by atoms with Crippen LogP contribution in [0.5, 0.6) is 0 Å². The Morgan fingerprint density at radius 3 is 2.70 bits per heavy atom. The number of halogens is 1. The van der Waals surface area contributed by atoms with Gasteiger partial charge in [-0.1, -0.05) is 37.6 Å². The fourth-order valence-electron chi connectivity index (χ4n) is 2.34. The first-order chi connectivity index (χ1) is 10.9. The highest BCUT2D eigenvalue weighted by Crippen LogP contribution is 2.20. The lowest BCUT2D eigenvalue weighted by Gasteiger charge is -2.17. The molecule has 124 valence electrons. The summed E-state index contributed by atoms with van der Waals surface area (Å²) in [6.07, 6.45) is 0.687. The maximum Gasteiger partial charge on any atom is 0.291 e. The predicted octanol–water partition coefficient (Wildman–Crippen LogP) is 2.37. The van der Waals surface area contributed by atoms with Gasteiger partial charge in [0.25, 0.3) is 5.91 Å². The number of aromatic nitrogens is 3. The number of nitrogens with one attached hydrogen (secondary N) is 1. The number of carbonyl (C=O) groups is 1. The van der Waals surface area contributed by atoms with E-state index in [0.717, 1.165) is 0 Å². The molecule has 1 aromatic heterocycles. The van der Waals surface area contributed by atoms with Gasteiger partial charge in [-0.3, -0.25) is 4.79 Å². The maximum atomic E-state index is 12.3. The van der Waals surface area contributed by atoms with Crippen LogP contribution in [0.25, 0.3) is 5.69 Å². The van der Waals surface area contributed by atoms with Gasteiger partial charge in [0.15, 0.2) is 0 Å². The lowest BCUT2D eigenvalue weighted by atomic mass is 10.0. The number of amides is 1. The second-order valence-corrected chi connectivity index (χ2v) is 6.24. The zero-order valence-electron chi connectivity index (χ0n) is 13.5. The molecule has 1 heterocycles. The Balaban J connectivity index is 2.20. The summed E-state index contributed by atoms with van der Waals surface area (Å²) in [6.45, 7) is 5.70. The van der Waals surface area contributed by atoms with Crippen LogP contribution in [-0.4, -0.2) is 38.4 Å². The minimum absolute atomic E-state index is 0.0598. The molecule has 1 amide bonds. The molecular formula is C16H21ClN4O2. The number of nitrogens with zero attached hydrogens (tertiary/aromatic N) is 3. The third-order valence-corrected chi connectivity index (χ3v) is 3.68. The number of hydrogen-bond donors (Lipinski definition) is 2. The zero-order valence-corrected chi connectivity index (χ0v) is 14.2. The first-order valence-corrected chi connectivity index (χ1v) is 7.90. The molecule has 0 saturated heterocycles. The van der Waals surface area contributed by atoms with Crippen molar-refractivity contribution in [3.8, 4) is 5.69 Å². The van der Waals surface area contributed by atoms with Gasteiger partial charge in [-0.2, -0.15) is 0 Å². The maximum absolute atomic E-state index is 12.3. The van der Waals surface area contributed by atoms with E-state index in [1.165, 1.54) is 4.68 Å². The van der Waals surface area contributed by atoms with Crippen molar-refractivity contribution in [3.63, 3.8) is 0 Å². The Morgan fingerprint density at radius 1 is 1.39 bits per heavy atom. The summed E-state index contributed by atoms with van der Waals surface area (Å²) in [5.74, 6) is 0.582. The van der Waals surface area contributed by atoms with Crippen molar-refractivity contribution in [1.82, 2.24) is 20.1 Å². The molecule has 0 saturated carbocycles. The van der Waals surface area contributed by atoms with Gasteiger partial charge in [0.05, 0.1) is 23.4 Å². The van der Waals surface area contributed by atoms with E-state index in [1.54, 1.807) is 19.1 Å². The highest BCUT2D eigenvalue weighted by atomic mass is 35.5. The number of carbonyl (C=O) groups excluding carboxylic acids is 1. The molecule has 0 aliphatic rings. The summed E-state index contributed by atoms with van der Waals surface area (Å²) < 4.78 is 1.54. The Labute approximate surface area is 140 Å². The Bertz CT molecular complexity index is 684. The fourth-order valence-corrected chi connectivity index (χ4v) is 2.55. The normalized spacial score (nSPS) is 12.4. The molecule has 0 aliphatic heterocycles. The van der Waals surface area contributed by atoms with Crippen molar-refractivity contribution in [2.24, 2.45) is 5.92 Å². The van der Waals surface area contributed by atoms with Crippen molar-refractivity contribution in [2.75, 3.05) is 6.61 Å². The molecule has 0 fully saturated rings. The molecule has 2 aromatic rings. The van der Waals surface area contributed by atoms with Gasteiger partial charge in [-0.05, 0) is 31.4 Å². The molecule has 0 aliphatic carbocycles. The van der Waals surface area contributed by atoms with E-state index in [4.69, 9.17) is 11.6 Å². The van der Waals surface area contributed by atoms with Crippen LogP contribution >= 0.6 is 11.6 Å². The largest absolute Gasteiger partial charge is 0.394 e. The van der Waals surface area contributed by atoms with Gasteiger partial charge in [-0.25, -0.2) is 9.67 Å². The highest BCUT2D eigenvalue weighted by molar-refractivity contribution is 6.32. The van der Waals surface area contributed by atoms with Gasteiger partial charge in [0.1, 0.15) is 5.82 Å². The Kier molecular flexibility index (Phi) is 5.74. The molecular weight excluding hydrogens is 316 g/mol. The summed E-state index contributed by atoms with van der Waals surface area (Å²) in [7, 11) is 0. The quantitative estimate of drug-likeness (QED) is 0.848. The van der Waals surface area contributed by atoms with Crippen LogP contribution in [0.2, 0.25) is 5.02 Å². The Morgan fingerprint density at radius 2 is 2.09 bits per heavy atom. The molecule has 0 bridgehead atoms. The van der Waals surface area contributed by atoms with Crippen molar-refractivity contribution in [3.05, 3.63) is 40.9 Å². The van der Waals surface area contributed by atoms with E-state index < -0.39 is 5.91 Å². The van der Waals surface area contributed by atoms with Gasteiger partial charge in [-0.15, -0.1) is 5.10 Å². The average Bonchev–Trinajstić information content (AvgIpc) is 2.88. The van der Waals surface area contributed by atoms with E-state index in [0.29, 0.717) is 28.9 Å². The zero-order chi connectivity index (χ0) is 17.0.